The topological polar surface area (TPSA) is 54.3 Å². The molecule has 0 bridgehead atoms. The zero-order valence-corrected chi connectivity index (χ0v) is 16.0. The van der Waals surface area contributed by atoms with E-state index in [1.165, 1.54) is 17.3 Å². The molecule has 1 fully saturated rings. The van der Waals surface area contributed by atoms with Crippen molar-refractivity contribution in [3.63, 3.8) is 0 Å². The maximum absolute atomic E-state index is 12.5. The number of carbonyl (C=O) groups excluding carboxylic acids is 1. The number of amides is 1. The third-order valence-electron chi connectivity index (χ3n) is 4.59. The molecule has 2 aromatic rings. The molecular formula is C18H23F2N5OS. The molecular weight excluding hydrogens is 372 g/mol. The van der Waals surface area contributed by atoms with Gasteiger partial charge in [-0.2, -0.15) is 0 Å². The van der Waals surface area contributed by atoms with Gasteiger partial charge in [0.2, 0.25) is 5.91 Å². The maximum atomic E-state index is 12.5. The lowest BCUT2D eigenvalue weighted by Gasteiger charge is -2.34. The van der Waals surface area contributed by atoms with E-state index < -0.39 is 6.43 Å². The summed E-state index contributed by atoms with van der Waals surface area (Å²) >= 11 is 1.35. The predicted octanol–water partition coefficient (Wildman–Crippen LogP) is 2.33. The second-order valence-corrected chi connectivity index (χ2v) is 7.27. The smallest absolute Gasteiger partial charge is 0.251 e. The number of aryl methyl sites for hydroxylation is 1. The molecule has 0 N–H and O–H groups in total. The number of hydrogen-bond donors (Lipinski definition) is 0. The molecule has 1 aromatic carbocycles. The molecule has 0 saturated carbocycles. The first-order chi connectivity index (χ1) is 13.1. The zero-order valence-electron chi connectivity index (χ0n) is 15.2. The first-order valence-corrected chi connectivity index (χ1v) is 9.96. The number of nitrogens with zero attached hydrogens (tertiary/aromatic N) is 5. The number of alkyl halides is 2. The van der Waals surface area contributed by atoms with Crippen molar-refractivity contribution in [2.45, 2.75) is 24.9 Å². The molecule has 1 saturated heterocycles. The summed E-state index contributed by atoms with van der Waals surface area (Å²) in [5.74, 6) is 0.247. The number of halogens is 2. The van der Waals surface area contributed by atoms with Gasteiger partial charge in [0, 0.05) is 26.2 Å². The minimum atomic E-state index is -2.33. The van der Waals surface area contributed by atoms with Crippen molar-refractivity contribution in [3.8, 4) is 5.69 Å². The van der Waals surface area contributed by atoms with Gasteiger partial charge in [0.25, 0.3) is 6.43 Å². The highest BCUT2D eigenvalue weighted by Gasteiger charge is 2.23. The summed E-state index contributed by atoms with van der Waals surface area (Å²) in [5.41, 5.74) is 2.20. The lowest BCUT2D eigenvalue weighted by molar-refractivity contribution is -0.130. The molecule has 1 aliphatic rings. The quantitative estimate of drug-likeness (QED) is 0.674. The highest BCUT2D eigenvalue weighted by Crippen LogP contribution is 2.23. The number of para-hydroxylation sites is 1. The van der Waals surface area contributed by atoms with Gasteiger partial charge in [-0.3, -0.25) is 14.3 Å². The Morgan fingerprint density at radius 3 is 2.67 bits per heavy atom. The van der Waals surface area contributed by atoms with Crippen molar-refractivity contribution in [3.05, 3.63) is 36.2 Å². The van der Waals surface area contributed by atoms with E-state index in [9.17, 15) is 13.6 Å². The first-order valence-electron chi connectivity index (χ1n) is 8.98. The van der Waals surface area contributed by atoms with Crippen LogP contribution in [-0.4, -0.2) is 75.4 Å². The Bertz CT molecular complexity index is 762. The highest BCUT2D eigenvalue weighted by atomic mass is 32.2. The van der Waals surface area contributed by atoms with Crippen LogP contribution in [0.15, 0.2) is 35.7 Å². The van der Waals surface area contributed by atoms with Gasteiger partial charge >= 0.3 is 0 Å². The molecule has 1 aliphatic heterocycles. The second kappa shape index (κ2) is 9.27. The van der Waals surface area contributed by atoms with Crippen LogP contribution in [0.3, 0.4) is 0 Å². The summed E-state index contributed by atoms with van der Waals surface area (Å²) in [4.78, 5) is 15.9. The fourth-order valence-electron chi connectivity index (χ4n) is 3.13. The summed E-state index contributed by atoms with van der Waals surface area (Å²) in [5, 5.41) is 8.80. The Morgan fingerprint density at radius 1 is 1.22 bits per heavy atom. The first kappa shape index (κ1) is 19.8. The molecule has 27 heavy (non-hydrogen) atoms. The van der Waals surface area contributed by atoms with Crippen molar-refractivity contribution in [2.75, 3.05) is 38.5 Å². The van der Waals surface area contributed by atoms with E-state index in [4.69, 9.17) is 0 Å². The van der Waals surface area contributed by atoms with E-state index >= 15 is 0 Å². The Kier molecular flexibility index (Phi) is 6.78. The van der Waals surface area contributed by atoms with Crippen LogP contribution in [0.2, 0.25) is 0 Å². The van der Waals surface area contributed by atoms with Crippen molar-refractivity contribution < 1.29 is 13.6 Å². The largest absolute Gasteiger partial charge is 0.339 e. The number of aromatic nitrogens is 3. The molecule has 0 unspecified atom stereocenters. The number of carbonyl (C=O) groups is 1. The molecule has 1 aromatic heterocycles. The Balaban J connectivity index is 1.57. The van der Waals surface area contributed by atoms with Crippen LogP contribution in [0.1, 0.15) is 12.5 Å². The standard InChI is InChI=1S/C18H23F2N5OS/c1-2-14-5-3-4-6-15(14)25-13-21-22-18(25)27-12-17(26)24-9-7-23(8-10-24)11-16(19)20/h3-6,13,16H,2,7-12H2,1H3. The Morgan fingerprint density at radius 2 is 1.96 bits per heavy atom. The number of benzene rings is 1. The van der Waals surface area contributed by atoms with Crippen molar-refractivity contribution in [1.82, 2.24) is 24.6 Å². The van der Waals surface area contributed by atoms with Gasteiger partial charge in [-0.1, -0.05) is 36.9 Å². The Hall–Kier alpha value is -2.00. The third-order valence-corrected chi connectivity index (χ3v) is 5.52. The summed E-state index contributed by atoms with van der Waals surface area (Å²) in [6, 6.07) is 8.04. The molecule has 0 atom stereocenters. The summed E-state index contributed by atoms with van der Waals surface area (Å²) in [6.45, 7) is 3.81. The minimum Gasteiger partial charge on any atom is -0.339 e. The number of piperazine rings is 1. The van der Waals surface area contributed by atoms with Gasteiger partial charge in [-0.15, -0.1) is 10.2 Å². The van der Waals surface area contributed by atoms with Gasteiger partial charge in [-0.25, -0.2) is 8.78 Å². The van der Waals surface area contributed by atoms with E-state index in [0.29, 0.717) is 31.3 Å². The molecule has 2 heterocycles. The zero-order chi connectivity index (χ0) is 19.2. The molecule has 146 valence electrons. The van der Waals surface area contributed by atoms with Gasteiger partial charge in [0.1, 0.15) is 6.33 Å². The van der Waals surface area contributed by atoms with E-state index in [1.54, 1.807) is 16.1 Å². The van der Waals surface area contributed by atoms with E-state index in [0.717, 1.165) is 12.1 Å². The lowest BCUT2D eigenvalue weighted by Crippen LogP contribution is -2.50. The van der Waals surface area contributed by atoms with Crippen molar-refractivity contribution in [2.24, 2.45) is 0 Å². The summed E-state index contributed by atoms with van der Waals surface area (Å²) in [6.07, 6.45) is 0.213. The number of hydrogen-bond acceptors (Lipinski definition) is 5. The maximum Gasteiger partial charge on any atom is 0.251 e. The average molecular weight is 395 g/mol. The Labute approximate surface area is 161 Å². The van der Waals surface area contributed by atoms with E-state index in [-0.39, 0.29) is 18.2 Å². The molecule has 0 aliphatic carbocycles. The lowest BCUT2D eigenvalue weighted by atomic mass is 10.1. The van der Waals surface area contributed by atoms with E-state index in [2.05, 4.69) is 23.2 Å². The molecule has 0 spiro atoms. The van der Waals surface area contributed by atoms with Crippen LogP contribution >= 0.6 is 11.8 Å². The molecule has 6 nitrogen and oxygen atoms in total. The second-order valence-electron chi connectivity index (χ2n) is 6.33. The fraction of sp³-hybridized carbons (Fsp3) is 0.500. The highest BCUT2D eigenvalue weighted by molar-refractivity contribution is 7.99. The van der Waals surface area contributed by atoms with Crippen molar-refractivity contribution >= 4 is 17.7 Å². The van der Waals surface area contributed by atoms with Crippen LogP contribution < -0.4 is 0 Å². The predicted molar refractivity (Wildman–Crippen MR) is 100 cm³/mol. The molecule has 1 amide bonds. The normalized spacial score (nSPS) is 15.5. The van der Waals surface area contributed by atoms with Crippen molar-refractivity contribution in [1.29, 1.82) is 0 Å². The summed E-state index contributed by atoms with van der Waals surface area (Å²) < 4.78 is 26.8. The van der Waals surface area contributed by atoms with E-state index in [1.807, 2.05) is 22.8 Å². The molecule has 0 radical (unpaired) electrons. The van der Waals surface area contributed by atoms with Gasteiger partial charge in [0.05, 0.1) is 18.0 Å². The van der Waals surface area contributed by atoms with Crippen LogP contribution in [0.4, 0.5) is 8.78 Å². The minimum absolute atomic E-state index is 0.00461. The monoisotopic (exact) mass is 395 g/mol. The number of rotatable bonds is 7. The molecule has 9 heteroatoms. The fourth-order valence-corrected chi connectivity index (χ4v) is 3.95. The third kappa shape index (κ3) is 5.04. The summed E-state index contributed by atoms with van der Waals surface area (Å²) in [7, 11) is 0. The van der Waals surface area contributed by atoms with Gasteiger partial charge < -0.3 is 4.90 Å². The van der Waals surface area contributed by atoms with Crippen LogP contribution in [-0.2, 0) is 11.2 Å². The van der Waals surface area contributed by atoms with Crippen LogP contribution in [0, 0.1) is 0 Å². The van der Waals surface area contributed by atoms with Gasteiger partial charge in [-0.05, 0) is 18.1 Å². The number of thioether (sulfide) groups is 1. The molecule has 3 rings (SSSR count). The van der Waals surface area contributed by atoms with Crippen LogP contribution in [0.5, 0.6) is 0 Å². The van der Waals surface area contributed by atoms with Gasteiger partial charge in [0.15, 0.2) is 5.16 Å². The average Bonchev–Trinajstić information content (AvgIpc) is 3.14. The van der Waals surface area contributed by atoms with Crippen LogP contribution in [0.25, 0.3) is 5.69 Å². The SMILES string of the molecule is CCc1ccccc1-n1cnnc1SCC(=O)N1CCN(CC(F)F)CC1.